The number of thiophene rings is 1. The first-order chi connectivity index (χ1) is 12.1. The SMILES string of the molecule is O=c1/c(=C/c2c(F)cccc2Cl)sc2nc(/C=C/c3cccs3)nn12. The molecule has 1 aromatic carbocycles. The van der Waals surface area contributed by atoms with Crippen LogP contribution in [0.5, 0.6) is 0 Å². The second-order valence-corrected chi connectivity index (χ2v) is 7.46. The molecule has 0 amide bonds. The van der Waals surface area contributed by atoms with Gasteiger partial charge in [0.05, 0.1) is 9.55 Å². The standard InChI is InChI=1S/C17H9ClFN3OS2/c18-12-4-1-5-13(19)11(12)9-14-16(23)22-17(25-14)20-15(21-22)7-6-10-3-2-8-24-10/h1-9H/b7-6+,14-9-. The lowest BCUT2D eigenvalue weighted by atomic mass is 10.2. The topological polar surface area (TPSA) is 47.3 Å². The molecule has 4 nitrogen and oxygen atoms in total. The lowest BCUT2D eigenvalue weighted by molar-refractivity contribution is 0.625. The van der Waals surface area contributed by atoms with E-state index >= 15 is 0 Å². The van der Waals surface area contributed by atoms with Crippen molar-refractivity contribution >= 4 is 57.5 Å². The third-order valence-corrected chi connectivity index (χ3v) is 5.54. The Morgan fingerprint density at radius 2 is 2.08 bits per heavy atom. The predicted octanol–water partition coefficient (Wildman–Crippen LogP) is 3.72. The maximum Gasteiger partial charge on any atom is 0.291 e. The molecule has 0 aliphatic rings. The van der Waals surface area contributed by atoms with Crippen molar-refractivity contribution in [3.63, 3.8) is 0 Å². The summed E-state index contributed by atoms with van der Waals surface area (Å²) in [4.78, 5) is 18.3. The minimum atomic E-state index is -0.481. The summed E-state index contributed by atoms with van der Waals surface area (Å²) in [5.74, 6) is -0.0299. The van der Waals surface area contributed by atoms with Gasteiger partial charge in [-0.05, 0) is 41.8 Å². The molecule has 3 heterocycles. The molecule has 25 heavy (non-hydrogen) atoms. The molecule has 0 unspecified atom stereocenters. The molecule has 0 N–H and O–H groups in total. The van der Waals surface area contributed by atoms with Gasteiger partial charge in [-0.15, -0.1) is 16.4 Å². The smallest absolute Gasteiger partial charge is 0.266 e. The number of halogens is 2. The molecule has 0 aliphatic carbocycles. The molecule has 3 aromatic heterocycles. The number of hydrogen-bond donors (Lipinski definition) is 0. The Bertz CT molecular complexity index is 1170. The highest BCUT2D eigenvalue weighted by molar-refractivity contribution is 7.15. The average molecular weight is 390 g/mol. The van der Waals surface area contributed by atoms with Gasteiger partial charge in [-0.1, -0.05) is 35.1 Å². The zero-order valence-corrected chi connectivity index (χ0v) is 14.9. The van der Waals surface area contributed by atoms with E-state index in [4.69, 9.17) is 11.6 Å². The summed E-state index contributed by atoms with van der Waals surface area (Å²) in [5, 5.41) is 6.42. The average Bonchev–Trinajstić information content (AvgIpc) is 3.28. The van der Waals surface area contributed by atoms with Crippen molar-refractivity contribution in [1.82, 2.24) is 14.6 Å². The Morgan fingerprint density at radius 3 is 2.80 bits per heavy atom. The van der Waals surface area contributed by atoms with E-state index in [0.29, 0.717) is 15.3 Å². The van der Waals surface area contributed by atoms with E-state index in [9.17, 15) is 9.18 Å². The molecule has 0 spiro atoms. The van der Waals surface area contributed by atoms with Crippen LogP contribution in [0.3, 0.4) is 0 Å². The fourth-order valence-electron chi connectivity index (χ4n) is 2.24. The fourth-order valence-corrected chi connectivity index (χ4v) is 3.97. The molecule has 0 atom stereocenters. The van der Waals surface area contributed by atoms with Crippen molar-refractivity contribution in [3.8, 4) is 0 Å². The molecule has 0 aliphatic heterocycles. The molecule has 0 saturated carbocycles. The van der Waals surface area contributed by atoms with Crippen molar-refractivity contribution in [3.05, 3.63) is 77.7 Å². The second kappa shape index (κ2) is 6.51. The predicted molar refractivity (Wildman–Crippen MR) is 101 cm³/mol. The Kier molecular flexibility index (Phi) is 4.20. The van der Waals surface area contributed by atoms with Crippen LogP contribution in [0.1, 0.15) is 16.3 Å². The van der Waals surface area contributed by atoms with Crippen molar-refractivity contribution in [2.24, 2.45) is 0 Å². The Hall–Kier alpha value is -2.35. The molecule has 8 heteroatoms. The van der Waals surface area contributed by atoms with Crippen LogP contribution in [0.15, 0.2) is 40.5 Å². The van der Waals surface area contributed by atoms with Crippen LogP contribution in [0, 0.1) is 5.82 Å². The first-order valence-corrected chi connectivity index (χ1v) is 9.26. The van der Waals surface area contributed by atoms with Gasteiger partial charge in [0.25, 0.3) is 5.56 Å². The number of thiazole rings is 1. The summed E-state index contributed by atoms with van der Waals surface area (Å²) in [6.45, 7) is 0. The second-order valence-electron chi connectivity index (χ2n) is 5.06. The van der Waals surface area contributed by atoms with Crippen LogP contribution in [0.2, 0.25) is 5.02 Å². The zero-order valence-electron chi connectivity index (χ0n) is 12.5. The van der Waals surface area contributed by atoms with Gasteiger partial charge in [0.1, 0.15) is 5.82 Å². The number of hydrogen-bond acceptors (Lipinski definition) is 5. The van der Waals surface area contributed by atoms with E-state index in [0.717, 1.165) is 16.2 Å². The Labute approximate surface area is 154 Å². The molecule has 0 saturated heterocycles. The van der Waals surface area contributed by atoms with Crippen LogP contribution in [-0.2, 0) is 0 Å². The molecule has 124 valence electrons. The minimum absolute atomic E-state index is 0.184. The zero-order chi connectivity index (χ0) is 17.4. The van der Waals surface area contributed by atoms with E-state index in [1.54, 1.807) is 23.5 Å². The van der Waals surface area contributed by atoms with Gasteiger partial charge in [-0.25, -0.2) is 4.39 Å². The number of rotatable bonds is 3. The summed E-state index contributed by atoms with van der Waals surface area (Å²) >= 11 is 8.75. The van der Waals surface area contributed by atoms with Crippen LogP contribution in [-0.4, -0.2) is 14.6 Å². The largest absolute Gasteiger partial charge is 0.291 e. The highest BCUT2D eigenvalue weighted by Gasteiger charge is 2.11. The summed E-state index contributed by atoms with van der Waals surface area (Å²) in [6, 6.07) is 8.32. The lowest BCUT2D eigenvalue weighted by Crippen LogP contribution is -2.23. The number of aromatic nitrogens is 3. The molecular weight excluding hydrogens is 381 g/mol. The first-order valence-electron chi connectivity index (χ1n) is 7.19. The maximum absolute atomic E-state index is 13.9. The summed E-state index contributed by atoms with van der Waals surface area (Å²) in [7, 11) is 0. The van der Waals surface area contributed by atoms with E-state index in [-0.39, 0.29) is 16.1 Å². The monoisotopic (exact) mass is 389 g/mol. The van der Waals surface area contributed by atoms with Gasteiger partial charge < -0.3 is 0 Å². The van der Waals surface area contributed by atoms with Crippen LogP contribution >= 0.6 is 34.3 Å². The summed E-state index contributed by atoms with van der Waals surface area (Å²) in [6.07, 6.45) is 5.07. The van der Waals surface area contributed by atoms with Gasteiger partial charge >= 0.3 is 0 Å². The van der Waals surface area contributed by atoms with Gasteiger partial charge in [0.2, 0.25) is 4.96 Å². The van der Waals surface area contributed by atoms with E-state index < -0.39 is 5.82 Å². The molecule has 0 radical (unpaired) electrons. The van der Waals surface area contributed by atoms with Crippen molar-refractivity contribution in [1.29, 1.82) is 0 Å². The first kappa shape index (κ1) is 16.1. The van der Waals surface area contributed by atoms with Gasteiger partial charge in [0, 0.05) is 10.4 Å². The Balaban J connectivity index is 1.76. The van der Waals surface area contributed by atoms with Gasteiger partial charge in [-0.2, -0.15) is 9.50 Å². The summed E-state index contributed by atoms with van der Waals surface area (Å²) < 4.78 is 15.4. The maximum atomic E-state index is 13.9. The fraction of sp³-hybridized carbons (Fsp3) is 0. The Morgan fingerprint density at radius 1 is 1.20 bits per heavy atom. The summed E-state index contributed by atoms with van der Waals surface area (Å²) in [5.41, 5.74) is -0.161. The van der Waals surface area contributed by atoms with Gasteiger partial charge in [-0.3, -0.25) is 4.79 Å². The van der Waals surface area contributed by atoms with Crippen LogP contribution < -0.4 is 10.1 Å². The molecule has 0 fully saturated rings. The van der Waals surface area contributed by atoms with E-state index in [2.05, 4.69) is 10.1 Å². The van der Waals surface area contributed by atoms with Crippen molar-refractivity contribution in [2.45, 2.75) is 0 Å². The van der Waals surface area contributed by atoms with Gasteiger partial charge in [0.15, 0.2) is 5.82 Å². The molecule has 0 bridgehead atoms. The van der Waals surface area contributed by atoms with E-state index in [1.165, 1.54) is 22.7 Å². The lowest BCUT2D eigenvalue weighted by Gasteiger charge is -1.97. The number of fused-ring (bicyclic) bond motifs is 1. The molecule has 4 rings (SSSR count). The highest BCUT2D eigenvalue weighted by Crippen LogP contribution is 2.19. The van der Waals surface area contributed by atoms with Crippen LogP contribution in [0.25, 0.3) is 23.2 Å². The van der Waals surface area contributed by atoms with E-state index in [1.807, 2.05) is 23.6 Å². The highest BCUT2D eigenvalue weighted by atomic mass is 35.5. The third-order valence-electron chi connectivity index (χ3n) is 3.41. The molecular formula is C17H9ClFN3OS2. The van der Waals surface area contributed by atoms with Crippen molar-refractivity contribution < 1.29 is 4.39 Å². The number of benzene rings is 1. The number of nitrogens with zero attached hydrogens (tertiary/aromatic N) is 3. The normalized spacial score (nSPS) is 12.6. The van der Waals surface area contributed by atoms with Crippen molar-refractivity contribution in [2.75, 3.05) is 0 Å². The quantitative estimate of drug-likeness (QED) is 0.536. The minimum Gasteiger partial charge on any atom is -0.266 e. The van der Waals surface area contributed by atoms with Crippen LogP contribution in [0.4, 0.5) is 4.39 Å². The molecule has 4 aromatic rings. The third kappa shape index (κ3) is 3.13.